The van der Waals surface area contributed by atoms with Crippen molar-refractivity contribution in [3.8, 4) is 0 Å². The Balaban J connectivity index is 1.95. The monoisotopic (exact) mass is 276 g/mol. The molecule has 2 aromatic heterocycles. The molecule has 0 aliphatic rings. The number of nitrogen functional groups attached to an aromatic ring is 1. The van der Waals surface area contributed by atoms with Gasteiger partial charge in [-0.3, -0.25) is 0 Å². The maximum atomic E-state index is 5.68. The fourth-order valence-electron chi connectivity index (χ4n) is 1.75. The zero-order valence-corrected chi connectivity index (χ0v) is 12.0. The lowest BCUT2D eigenvalue weighted by atomic mass is 10.1. The zero-order valence-electron chi connectivity index (χ0n) is 12.0. The highest BCUT2D eigenvalue weighted by Gasteiger charge is 2.09. The molecule has 0 radical (unpaired) electrons. The van der Waals surface area contributed by atoms with Gasteiger partial charge in [-0.2, -0.15) is 15.0 Å². The van der Waals surface area contributed by atoms with Crippen molar-refractivity contribution in [2.45, 2.75) is 25.8 Å². The molecule has 7 nitrogen and oxygen atoms in total. The maximum Gasteiger partial charge on any atom is 0.231 e. The standard InChI is InChI=1S/C13H20N6O/c1-9(6-7-10-5-4-8-20-10)15-12-16-11(14)17-13(18-12)19(2)3/h4-5,8-9H,6-7H2,1-3H3,(H3,14,15,16,17,18). The van der Waals surface area contributed by atoms with Crippen molar-refractivity contribution in [2.75, 3.05) is 30.0 Å². The number of rotatable bonds is 6. The Hall–Kier alpha value is -2.31. The van der Waals surface area contributed by atoms with E-state index in [0.29, 0.717) is 11.9 Å². The van der Waals surface area contributed by atoms with Gasteiger partial charge < -0.3 is 20.4 Å². The zero-order chi connectivity index (χ0) is 14.5. The van der Waals surface area contributed by atoms with E-state index in [1.165, 1.54) is 0 Å². The third-order valence-electron chi connectivity index (χ3n) is 2.82. The van der Waals surface area contributed by atoms with Gasteiger partial charge in [0.1, 0.15) is 5.76 Å². The van der Waals surface area contributed by atoms with Crippen LogP contribution in [-0.2, 0) is 6.42 Å². The number of nitrogens with zero attached hydrogens (tertiary/aromatic N) is 4. The predicted molar refractivity (Wildman–Crippen MR) is 78.7 cm³/mol. The fourth-order valence-corrected chi connectivity index (χ4v) is 1.75. The Morgan fingerprint density at radius 3 is 2.80 bits per heavy atom. The average molecular weight is 276 g/mol. The maximum absolute atomic E-state index is 5.68. The van der Waals surface area contributed by atoms with Gasteiger partial charge in [-0.25, -0.2) is 0 Å². The summed E-state index contributed by atoms with van der Waals surface area (Å²) in [5.74, 6) is 2.22. The summed E-state index contributed by atoms with van der Waals surface area (Å²) in [4.78, 5) is 14.2. The number of nitrogens with one attached hydrogen (secondary N) is 1. The molecule has 2 aromatic rings. The first-order valence-corrected chi connectivity index (χ1v) is 6.52. The molecule has 3 N–H and O–H groups in total. The summed E-state index contributed by atoms with van der Waals surface area (Å²) in [6, 6.07) is 4.07. The second-order valence-corrected chi connectivity index (χ2v) is 4.88. The molecule has 1 atom stereocenters. The van der Waals surface area contributed by atoms with Crippen LogP contribution < -0.4 is 16.0 Å². The molecule has 0 aromatic carbocycles. The highest BCUT2D eigenvalue weighted by atomic mass is 16.3. The number of aromatic nitrogens is 3. The van der Waals surface area contributed by atoms with Crippen LogP contribution in [0.1, 0.15) is 19.1 Å². The quantitative estimate of drug-likeness (QED) is 0.826. The molecule has 7 heteroatoms. The minimum absolute atomic E-state index is 0.205. The van der Waals surface area contributed by atoms with Crippen LogP contribution in [0.2, 0.25) is 0 Å². The van der Waals surface area contributed by atoms with E-state index in [1.54, 1.807) is 11.2 Å². The van der Waals surface area contributed by atoms with Crippen molar-refractivity contribution in [3.05, 3.63) is 24.2 Å². The van der Waals surface area contributed by atoms with Gasteiger partial charge >= 0.3 is 0 Å². The highest BCUT2D eigenvalue weighted by Crippen LogP contribution is 2.12. The van der Waals surface area contributed by atoms with Crippen LogP contribution >= 0.6 is 0 Å². The highest BCUT2D eigenvalue weighted by molar-refractivity contribution is 5.41. The van der Waals surface area contributed by atoms with E-state index in [4.69, 9.17) is 10.2 Å². The SMILES string of the molecule is CC(CCc1ccco1)Nc1nc(N)nc(N(C)C)n1. The molecule has 0 aliphatic heterocycles. The predicted octanol–water partition coefficient (Wildman–Crippen LogP) is 1.55. The molecular weight excluding hydrogens is 256 g/mol. The summed E-state index contributed by atoms with van der Waals surface area (Å²) in [6.45, 7) is 2.07. The summed E-state index contributed by atoms with van der Waals surface area (Å²) in [7, 11) is 3.72. The molecule has 0 bridgehead atoms. The first-order valence-electron chi connectivity index (χ1n) is 6.52. The third kappa shape index (κ3) is 3.84. The van der Waals surface area contributed by atoms with E-state index in [9.17, 15) is 0 Å². The summed E-state index contributed by atoms with van der Waals surface area (Å²) in [5.41, 5.74) is 5.68. The summed E-state index contributed by atoms with van der Waals surface area (Å²) < 4.78 is 5.31. The van der Waals surface area contributed by atoms with Gasteiger partial charge in [-0.05, 0) is 25.5 Å². The third-order valence-corrected chi connectivity index (χ3v) is 2.82. The van der Waals surface area contributed by atoms with Crippen LogP contribution in [0.25, 0.3) is 0 Å². The van der Waals surface area contributed by atoms with Crippen molar-refractivity contribution >= 4 is 17.8 Å². The number of hydrogen-bond acceptors (Lipinski definition) is 7. The van der Waals surface area contributed by atoms with Crippen molar-refractivity contribution in [3.63, 3.8) is 0 Å². The van der Waals surface area contributed by atoms with Crippen molar-refractivity contribution in [1.29, 1.82) is 0 Å². The molecule has 1 unspecified atom stereocenters. The first-order chi connectivity index (χ1) is 9.54. The van der Waals surface area contributed by atoms with E-state index >= 15 is 0 Å². The molecule has 0 saturated carbocycles. The second-order valence-electron chi connectivity index (χ2n) is 4.88. The molecule has 0 aliphatic carbocycles. The summed E-state index contributed by atoms with van der Waals surface area (Å²) in [5, 5.41) is 3.23. The summed E-state index contributed by atoms with van der Waals surface area (Å²) >= 11 is 0. The van der Waals surface area contributed by atoms with Crippen molar-refractivity contribution in [1.82, 2.24) is 15.0 Å². The van der Waals surface area contributed by atoms with Crippen LogP contribution in [0, 0.1) is 0 Å². The molecule has 0 saturated heterocycles. The Bertz CT molecular complexity index is 540. The second kappa shape index (κ2) is 6.23. The topological polar surface area (TPSA) is 93.1 Å². The molecule has 0 amide bonds. The number of hydrogen-bond donors (Lipinski definition) is 2. The largest absolute Gasteiger partial charge is 0.469 e. The van der Waals surface area contributed by atoms with Crippen LogP contribution in [0.3, 0.4) is 0 Å². The van der Waals surface area contributed by atoms with Gasteiger partial charge in [-0.15, -0.1) is 0 Å². The molecule has 108 valence electrons. The Morgan fingerprint density at radius 2 is 2.15 bits per heavy atom. The van der Waals surface area contributed by atoms with Gasteiger partial charge in [0.05, 0.1) is 6.26 Å². The normalized spacial score (nSPS) is 12.2. The Morgan fingerprint density at radius 1 is 1.35 bits per heavy atom. The smallest absolute Gasteiger partial charge is 0.231 e. The lowest BCUT2D eigenvalue weighted by Crippen LogP contribution is -2.21. The molecule has 0 spiro atoms. The number of aryl methyl sites for hydroxylation is 1. The van der Waals surface area contributed by atoms with Crippen LogP contribution in [0.5, 0.6) is 0 Å². The van der Waals surface area contributed by atoms with E-state index in [1.807, 2.05) is 26.2 Å². The lowest BCUT2D eigenvalue weighted by Gasteiger charge is -2.15. The molecule has 0 fully saturated rings. The molecule has 20 heavy (non-hydrogen) atoms. The first kappa shape index (κ1) is 14.1. The van der Waals surface area contributed by atoms with Gasteiger partial charge in [0, 0.05) is 26.6 Å². The van der Waals surface area contributed by atoms with Gasteiger partial charge in [0.2, 0.25) is 17.8 Å². The molecule has 2 heterocycles. The van der Waals surface area contributed by atoms with Gasteiger partial charge in [-0.1, -0.05) is 0 Å². The average Bonchev–Trinajstić information content (AvgIpc) is 2.88. The van der Waals surface area contributed by atoms with Crippen molar-refractivity contribution < 1.29 is 4.42 Å². The summed E-state index contributed by atoms with van der Waals surface area (Å²) in [6.07, 6.45) is 3.46. The fraction of sp³-hybridized carbons (Fsp3) is 0.462. The van der Waals surface area contributed by atoms with Crippen LogP contribution in [-0.4, -0.2) is 35.1 Å². The Kier molecular flexibility index (Phi) is 4.39. The number of furan rings is 1. The van der Waals surface area contributed by atoms with E-state index in [-0.39, 0.29) is 12.0 Å². The van der Waals surface area contributed by atoms with Gasteiger partial charge in [0.15, 0.2) is 0 Å². The molecular formula is C13H20N6O. The number of anilines is 3. The van der Waals surface area contributed by atoms with E-state index in [2.05, 4.69) is 27.2 Å². The van der Waals surface area contributed by atoms with Crippen molar-refractivity contribution in [2.24, 2.45) is 0 Å². The molecule has 2 rings (SSSR count). The number of nitrogens with two attached hydrogens (primary N) is 1. The van der Waals surface area contributed by atoms with Crippen LogP contribution in [0.4, 0.5) is 17.8 Å². The van der Waals surface area contributed by atoms with E-state index in [0.717, 1.165) is 18.6 Å². The lowest BCUT2D eigenvalue weighted by molar-refractivity contribution is 0.494. The van der Waals surface area contributed by atoms with Crippen LogP contribution in [0.15, 0.2) is 22.8 Å². The Labute approximate surface area is 118 Å². The van der Waals surface area contributed by atoms with E-state index < -0.39 is 0 Å². The minimum Gasteiger partial charge on any atom is -0.469 e. The van der Waals surface area contributed by atoms with Gasteiger partial charge in [0.25, 0.3) is 0 Å². The minimum atomic E-state index is 0.205.